The molecule has 6 rings (SSSR count). The Bertz CT molecular complexity index is 1610. The van der Waals surface area contributed by atoms with Gasteiger partial charge in [0.05, 0.1) is 31.4 Å². The summed E-state index contributed by atoms with van der Waals surface area (Å²) in [5, 5.41) is 14.7. The summed E-state index contributed by atoms with van der Waals surface area (Å²) < 4.78 is 65.9. The molecule has 200 valence electrons. The van der Waals surface area contributed by atoms with E-state index in [0.29, 0.717) is 40.7 Å². The van der Waals surface area contributed by atoms with E-state index in [1.807, 2.05) is 6.07 Å². The van der Waals surface area contributed by atoms with Gasteiger partial charge >= 0.3 is 0 Å². The third-order valence-corrected chi connectivity index (χ3v) is 8.12. The van der Waals surface area contributed by atoms with Crippen LogP contribution in [0, 0.1) is 5.82 Å². The lowest BCUT2D eigenvalue weighted by atomic mass is 10.1. The number of aromatic nitrogens is 3. The van der Waals surface area contributed by atoms with Crippen LogP contribution in [-0.2, 0) is 14.8 Å². The molecule has 0 amide bonds. The highest BCUT2D eigenvalue weighted by Crippen LogP contribution is 2.41. The van der Waals surface area contributed by atoms with Crippen molar-refractivity contribution in [1.29, 1.82) is 0 Å². The molecule has 2 aromatic carbocycles. The molecule has 2 aromatic heterocycles. The molecule has 0 spiro atoms. The Kier molecular flexibility index (Phi) is 6.11. The Morgan fingerprint density at radius 1 is 1.08 bits per heavy atom. The molecule has 11 nitrogen and oxygen atoms in total. The fourth-order valence-electron chi connectivity index (χ4n) is 4.65. The van der Waals surface area contributed by atoms with Crippen molar-refractivity contribution < 1.29 is 31.5 Å². The molecule has 2 fully saturated rings. The van der Waals surface area contributed by atoms with Gasteiger partial charge in [0.1, 0.15) is 17.3 Å². The van der Waals surface area contributed by atoms with Gasteiger partial charge in [0.15, 0.2) is 22.1 Å². The van der Waals surface area contributed by atoms with Gasteiger partial charge in [-0.05, 0) is 49.4 Å². The lowest BCUT2D eigenvalue weighted by Gasteiger charge is -2.16. The molecule has 1 aliphatic heterocycles. The summed E-state index contributed by atoms with van der Waals surface area (Å²) in [5.74, 6) is 0.322. The van der Waals surface area contributed by atoms with Crippen molar-refractivity contribution in [2.24, 2.45) is 0 Å². The first-order valence-electron chi connectivity index (χ1n) is 12.2. The van der Waals surface area contributed by atoms with Gasteiger partial charge in [-0.3, -0.25) is 9.82 Å². The van der Waals surface area contributed by atoms with Crippen LogP contribution in [0.25, 0.3) is 11.0 Å². The zero-order valence-electron chi connectivity index (χ0n) is 20.7. The fraction of sp³-hybridized carbons (Fsp3) is 0.360. The Hall–Kier alpha value is -3.84. The summed E-state index contributed by atoms with van der Waals surface area (Å²) in [6.07, 6.45) is 3.54. The minimum absolute atomic E-state index is 0.120. The van der Waals surface area contributed by atoms with Gasteiger partial charge in [-0.1, -0.05) is 5.16 Å². The number of hydrogen-bond acceptors (Lipinski definition) is 9. The van der Waals surface area contributed by atoms with Crippen LogP contribution in [-0.4, -0.2) is 44.6 Å². The van der Waals surface area contributed by atoms with Crippen molar-refractivity contribution in [3.8, 4) is 11.5 Å². The zero-order chi connectivity index (χ0) is 26.4. The number of nitrogens with one attached hydrogen (secondary N) is 3. The maximum atomic E-state index is 15.2. The standard InChI is InChI=1S/C25H26FN5O6S/c1-34-21-10-15-20(11-18(21)27-23-12-17(28-29-23)13-5-6-13)37-30-25(15)31-38(32,33)24-16(26)8-14(9-22(24)35-2)19-4-3-7-36-19/h8-13,19H,3-7H2,1-2H3,(H,30,31)(H2,27,28,29)/t19-/m1/s1. The van der Waals surface area contributed by atoms with E-state index >= 15 is 4.39 Å². The van der Waals surface area contributed by atoms with Crippen molar-refractivity contribution in [1.82, 2.24) is 15.4 Å². The maximum absolute atomic E-state index is 15.2. The highest BCUT2D eigenvalue weighted by atomic mass is 32.2. The number of anilines is 3. The second-order valence-corrected chi connectivity index (χ2v) is 10.9. The lowest BCUT2D eigenvalue weighted by Crippen LogP contribution is -2.17. The van der Waals surface area contributed by atoms with E-state index in [2.05, 4.69) is 25.4 Å². The summed E-state index contributed by atoms with van der Waals surface area (Å²) in [4.78, 5) is -0.631. The lowest BCUT2D eigenvalue weighted by molar-refractivity contribution is 0.111. The van der Waals surface area contributed by atoms with Crippen LogP contribution >= 0.6 is 0 Å². The van der Waals surface area contributed by atoms with Crippen LogP contribution in [0.4, 0.5) is 21.7 Å². The fourth-order valence-corrected chi connectivity index (χ4v) is 5.88. The maximum Gasteiger partial charge on any atom is 0.269 e. The first-order valence-corrected chi connectivity index (χ1v) is 13.7. The van der Waals surface area contributed by atoms with E-state index < -0.39 is 20.7 Å². The zero-order valence-corrected chi connectivity index (χ0v) is 21.5. The van der Waals surface area contributed by atoms with Crippen molar-refractivity contribution in [3.05, 3.63) is 47.4 Å². The minimum atomic E-state index is -4.45. The quantitative estimate of drug-likeness (QED) is 0.266. The molecule has 2 aliphatic rings. The predicted octanol–water partition coefficient (Wildman–Crippen LogP) is 4.98. The molecule has 13 heteroatoms. The van der Waals surface area contributed by atoms with E-state index in [9.17, 15) is 8.42 Å². The smallest absolute Gasteiger partial charge is 0.269 e. The van der Waals surface area contributed by atoms with Gasteiger partial charge in [0, 0.05) is 30.4 Å². The third kappa shape index (κ3) is 4.52. The molecular weight excluding hydrogens is 517 g/mol. The normalized spacial score (nSPS) is 17.6. The molecule has 3 heterocycles. The average molecular weight is 544 g/mol. The molecule has 1 atom stereocenters. The van der Waals surface area contributed by atoms with Gasteiger partial charge < -0.3 is 24.1 Å². The van der Waals surface area contributed by atoms with Gasteiger partial charge in [0.2, 0.25) is 0 Å². The molecule has 4 aromatic rings. The Labute approximate surface area is 217 Å². The number of fused-ring (bicyclic) bond motifs is 1. The Balaban J connectivity index is 1.30. The average Bonchev–Trinajstić information content (AvgIpc) is 3.26. The molecule has 0 unspecified atom stereocenters. The summed E-state index contributed by atoms with van der Waals surface area (Å²) in [5.41, 5.74) is 2.42. The number of sulfonamides is 1. The van der Waals surface area contributed by atoms with E-state index in [1.54, 1.807) is 12.1 Å². The number of ether oxygens (including phenoxy) is 3. The van der Waals surface area contributed by atoms with Gasteiger partial charge in [-0.25, -0.2) is 12.8 Å². The summed E-state index contributed by atoms with van der Waals surface area (Å²) in [6, 6.07) is 7.79. The highest BCUT2D eigenvalue weighted by Gasteiger charge is 2.30. The summed E-state index contributed by atoms with van der Waals surface area (Å²) in [6.45, 7) is 0.569. The third-order valence-electron chi connectivity index (χ3n) is 6.72. The molecule has 0 radical (unpaired) electrons. The van der Waals surface area contributed by atoms with Crippen LogP contribution in [0.5, 0.6) is 11.5 Å². The van der Waals surface area contributed by atoms with Crippen LogP contribution in [0.2, 0.25) is 0 Å². The summed E-state index contributed by atoms with van der Waals surface area (Å²) >= 11 is 0. The number of halogens is 1. The molecule has 0 bridgehead atoms. The Morgan fingerprint density at radius 3 is 2.61 bits per heavy atom. The van der Waals surface area contributed by atoms with Crippen molar-refractivity contribution in [2.75, 3.05) is 30.9 Å². The first kappa shape index (κ1) is 24.5. The number of rotatable bonds is 9. The number of hydrogen-bond donors (Lipinski definition) is 3. The van der Waals surface area contributed by atoms with Gasteiger partial charge in [0.25, 0.3) is 10.0 Å². The second kappa shape index (κ2) is 9.48. The topological polar surface area (TPSA) is 141 Å². The Morgan fingerprint density at radius 2 is 1.89 bits per heavy atom. The van der Waals surface area contributed by atoms with E-state index in [4.69, 9.17) is 18.7 Å². The number of nitrogens with zero attached hydrogens (tertiary/aromatic N) is 2. The number of benzene rings is 2. The molecule has 1 aliphatic carbocycles. The molecule has 1 saturated heterocycles. The van der Waals surface area contributed by atoms with Crippen LogP contribution in [0.3, 0.4) is 0 Å². The van der Waals surface area contributed by atoms with Crippen LogP contribution < -0.4 is 19.5 Å². The van der Waals surface area contributed by atoms with E-state index in [1.165, 1.54) is 26.4 Å². The molecular formula is C25H26FN5O6S. The number of aromatic amines is 1. The number of methoxy groups -OCH3 is 2. The summed E-state index contributed by atoms with van der Waals surface area (Å²) in [7, 11) is -1.68. The number of H-pyrrole nitrogens is 1. The highest BCUT2D eigenvalue weighted by molar-refractivity contribution is 7.92. The molecule has 38 heavy (non-hydrogen) atoms. The van der Waals surface area contributed by atoms with Crippen molar-refractivity contribution in [2.45, 2.75) is 42.6 Å². The molecule has 1 saturated carbocycles. The van der Waals surface area contributed by atoms with Crippen LogP contribution in [0.15, 0.2) is 39.8 Å². The van der Waals surface area contributed by atoms with E-state index in [-0.39, 0.29) is 23.3 Å². The second-order valence-electron chi connectivity index (χ2n) is 9.33. The van der Waals surface area contributed by atoms with Crippen molar-refractivity contribution in [3.63, 3.8) is 0 Å². The van der Waals surface area contributed by atoms with Gasteiger partial charge in [-0.2, -0.15) is 5.10 Å². The minimum Gasteiger partial charge on any atom is -0.495 e. The predicted molar refractivity (Wildman–Crippen MR) is 136 cm³/mol. The van der Waals surface area contributed by atoms with Crippen molar-refractivity contribution >= 4 is 38.3 Å². The largest absolute Gasteiger partial charge is 0.495 e. The first-order chi connectivity index (χ1) is 18.4. The van der Waals surface area contributed by atoms with Crippen LogP contribution in [0.1, 0.15) is 49.0 Å². The molecule has 3 N–H and O–H groups in total. The monoisotopic (exact) mass is 543 g/mol. The van der Waals surface area contributed by atoms with Gasteiger partial charge in [-0.15, -0.1) is 0 Å². The SMILES string of the molecule is COc1cc2c(NS(=O)(=O)c3c(F)cc([C@H]4CCCO4)cc3OC)noc2cc1Nc1cc(C2CC2)[nH]n1. The van der Waals surface area contributed by atoms with E-state index in [0.717, 1.165) is 31.4 Å².